The molecular formula is C11H13N5O3. The van der Waals surface area contributed by atoms with Crippen LogP contribution in [-0.4, -0.2) is 43.5 Å². The van der Waals surface area contributed by atoms with E-state index in [9.17, 15) is 9.59 Å². The molecule has 0 aliphatic heterocycles. The summed E-state index contributed by atoms with van der Waals surface area (Å²) in [6.07, 6.45) is 5.99. The highest BCUT2D eigenvalue weighted by Gasteiger charge is 2.18. The van der Waals surface area contributed by atoms with Crippen LogP contribution in [0.4, 0.5) is 0 Å². The Balaban J connectivity index is 1.81. The summed E-state index contributed by atoms with van der Waals surface area (Å²) in [4.78, 5) is 35.6. The number of imidazole rings is 2. The monoisotopic (exact) mass is 263 g/mol. The first-order valence-electron chi connectivity index (χ1n) is 5.71. The molecule has 1 amide bonds. The Kier molecular flexibility index (Phi) is 3.91. The largest absolute Gasteiger partial charge is 0.477 e. The normalized spacial score (nSPS) is 10.3. The first-order valence-corrected chi connectivity index (χ1v) is 5.71. The van der Waals surface area contributed by atoms with E-state index in [0.29, 0.717) is 19.4 Å². The van der Waals surface area contributed by atoms with Crippen molar-refractivity contribution in [1.29, 1.82) is 0 Å². The van der Waals surface area contributed by atoms with Crippen molar-refractivity contribution in [1.82, 2.24) is 25.3 Å². The average molecular weight is 263 g/mol. The van der Waals surface area contributed by atoms with Crippen LogP contribution in [0.2, 0.25) is 0 Å². The predicted octanol–water partition coefficient (Wildman–Crippen LogP) is 0.194. The quantitative estimate of drug-likeness (QED) is 0.554. The number of rotatable bonds is 6. The van der Waals surface area contributed by atoms with Crippen LogP contribution < -0.4 is 5.32 Å². The number of carbonyl (C=O) groups excluding carboxylic acids is 1. The highest BCUT2D eigenvalue weighted by molar-refractivity contribution is 6.02. The lowest BCUT2D eigenvalue weighted by Gasteiger charge is -2.03. The number of aromatic amines is 2. The molecule has 0 bridgehead atoms. The fraction of sp³-hybridized carbons (Fsp3) is 0.273. The van der Waals surface area contributed by atoms with E-state index in [-0.39, 0.29) is 11.4 Å². The molecule has 19 heavy (non-hydrogen) atoms. The number of H-pyrrole nitrogens is 2. The Labute approximate surface area is 108 Å². The van der Waals surface area contributed by atoms with Gasteiger partial charge in [0.2, 0.25) is 0 Å². The van der Waals surface area contributed by atoms with Gasteiger partial charge in [-0.15, -0.1) is 0 Å². The fourth-order valence-electron chi connectivity index (χ4n) is 1.61. The van der Waals surface area contributed by atoms with E-state index < -0.39 is 11.9 Å². The van der Waals surface area contributed by atoms with Crippen LogP contribution in [0.15, 0.2) is 18.7 Å². The van der Waals surface area contributed by atoms with E-state index in [0.717, 1.165) is 5.82 Å². The minimum Gasteiger partial charge on any atom is -0.477 e. The van der Waals surface area contributed by atoms with Crippen molar-refractivity contribution in [3.63, 3.8) is 0 Å². The van der Waals surface area contributed by atoms with Crippen LogP contribution in [0.1, 0.15) is 33.2 Å². The molecule has 2 heterocycles. The topological polar surface area (TPSA) is 124 Å². The average Bonchev–Trinajstić information content (AvgIpc) is 3.04. The third kappa shape index (κ3) is 3.18. The number of aromatic nitrogens is 4. The van der Waals surface area contributed by atoms with Gasteiger partial charge in [-0.3, -0.25) is 4.79 Å². The van der Waals surface area contributed by atoms with Crippen molar-refractivity contribution in [3.8, 4) is 0 Å². The van der Waals surface area contributed by atoms with Gasteiger partial charge in [-0.25, -0.2) is 14.8 Å². The van der Waals surface area contributed by atoms with Gasteiger partial charge in [0.15, 0.2) is 11.4 Å². The van der Waals surface area contributed by atoms with E-state index >= 15 is 0 Å². The highest BCUT2D eigenvalue weighted by Crippen LogP contribution is 2.02. The second-order valence-corrected chi connectivity index (χ2v) is 3.83. The number of nitrogens with one attached hydrogen (secondary N) is 3. The first-order chi connectivity index (χ1) is 9.18. The summed E-state index contributed by atoms with van der Waals surface area (Å²) in [5.41, 5.74) is -0.311. The van der Waals surface area contributed by atoms with E-state index in [1.54, 1.807) is 12.4 Å². The van der Waals surface area contributed by atoms with Crippen molar-refractivity contribution in [2.45, 2.75) is 12.8 Å². The van der Waals surface area contributed by atoms with E-state index in [1.165, 1.54) is 6.33 Å². The molecule has 0 unspecified atom stereocenters. The molecule has 0 fully saturated rings. The molecule has 2 aromatic heterocycles. The molecule has 0 radical (unpaired) electrons. The van der Waals surface area contributed by atoms with Gasteiger partial charge in [0.05, 0.1) is 6.33 Å². The van der Waals surface area contributed by atoms with Crippen molar-refractivity contribution >= 4 is 11.9 Å². The van der Waals surface area contributed by atoms with Gasteiger partial charge in [0.25, 0.3) is 5.91 Å². The van der Waals surface area contributed by atoms with Gasteiger partial charge >= 0.3 is 5.97 Å². The summed E-state index contributed by atoms with van der Waals surface area (Å²) in [5.74, 6) is -0.864. The Bertz CT molecular complexity index is 561. The number of hydrogen-bond donors (Lipinski definition) is 4. The molecular weight excluding hydrogens is 250 g/mol. The summed E-state index contributed by atoms with van der Waals surface area (Å²) >= 11 is 0. The highest BCUT2D eigenvalue weighted by atomic mass is 16.4. The molecule has 0 aliphatic rings. The number of aromatic carboxylic acids is 1. The smallest absolute Gasteiger partial charge is 0.354 e. The molecule has 2 aromatic rings. The van der Waals surface area contributed by atoms with Gasteiger partial charge in [-0.05, 0) is 6.42 Å². The Morgan fingerprint density at radius 1 is 1.32 bits per heavy atom. The molecule has 0 saturated heterocycles. The minimum atomic E-state index is -1.21. The molecule has 4 N–H and O–H groups in total. The van der Waals surface area contributed by atoms with Gasteiger partial charge < -0.3 is 20.4 Å². The van der Waals surface area contributed by atoms with Gasteiger partial charge in [-0.2, -0.15) is 0 Å². The summed E-state index contributed by atoms with van der Waals surface area (Å²) in [7, 11) is 0. The molecule has 8 heteroatoms. The summed E-state index contributed by atoms with van der Waals surface area (Å²) in [6.45, 7) is 0.422. The second kappa shape index (κ2) is 5.80. The number of aryl methyl sites for hydroxylation is 1. The van der Waals surface area contributed by atoms with Gasteiger partial charge in [-0.1, -0.05) is 0 Å². The Morgan fingerprint density at radius 3 is 2.84 bits per heavy atom. The van der Waals surface area contributed by atoms with Crippen molar-refractivity contribution in [3.05, 3.63) is 35.9 Å². The Hall–Kier alpha value is -2.64. The number of carboxylic acid groups (broad SMARTS) is 1. The van der Waals surface area contributed by atoms with Crippen LogP contribution in [0.3, 0.4) is 0 Å². The zero-order valence-electron chi connectivity index (χ0n) is 10.0. The standard InChI is InChI=1S/C11H13N5O3/c17-10(8-9(11(18)19)16-6-15-8)14-3-1-2-7-12-4-5-13-7/h4-6H,1-3H2,(H,12,13)(H,14,17)(H,15,16)(H,18,19). The molecule has 0 atom stereocenters. The second-order valence-electron chi connectivity index (χ2n) is 3.83. The molecule has 2 rings (SSSR count). The third-order valence-corrected chi connectivity index (χ3v) is 2.50. The maximum absolute atomic E-state index is 11.7. The van der Waals surface area contributed by atoms with Crippen LogP contribution in [-0.2, 0) is 6.42 Å². The summed E-state index contributed by atoms with van der Waals surface area (Å²) in [6, 6.07) is 0. The SMILES string of the molecule is O=C(NCCCc1ncc[nH]1)c1nc[nH]c1C(=O)O. The van der Waals surface area contributed by atoms with E-state index in [4.69, 9.17) is 5.11 Å². The summed E-state index contributed by atoms with van der Waals surface area (Å²) in [5, 5.41) is 11.5. The fourth-order valence-corrected chi connectivity index (χ4v) is 1.61. The van der Waals surface area contributed by atoms with Crippen LogP contribution >= 0.6 is 0 Å². The number of amides is 1. The number of nitrogens with zero attached hydrogens (tertiary/aromatic N) is 2. The predicted molar refractivity (Wildman–Crippen MR) is 64.8 cm³/mol. The minimum absolute atomic E-state index is 0.106. The Morgan fingerprint density at radius 2 is 2.16 bits per heavy atom. The maximum Gasteiger partial charge on any atom is 0.354 e. The zero-order valence-corrected chi connectivity index (χ0v) is 10.0. The van der Waals surface area contributed by atoms with E-state index in [1.807, 2.05) is 0 Å². The van der Waals surface area contributed by atoms with Crippen molar-refractivity contribution < 1.29 is 14.7 Å². The summed E-state index contributed by atoms with van der Waals surface area (Å²) < 4.78 is 0. The number of carboxylic acids is 1. The van der Waals surface area contributed by atoms with Crippen molar-refractivity contribution in [2.75, 3.05) is 6.54 Å². The number of carbonyl (C=O) groups is 2. The lowest BCUT2D eigenvalue weighted by atomic mass is 10.2. The third-order valence-electron chi connectivity index (χ3n) is 2.50. The molecule has 0 spiro atoms. The maximum atomic E-state index is 11.7. The lowest BCUT2D eigenvalue weighted by molar-refractivity contribution is 0.0685. The van der Waals surface area contributed by atoms with Crippen LogP contribution in [0, 0.1) is 0 Å². The molecule has 0 aliphatic carbocycles. The molecule has 0 aromatic carbocycles. The number of hydrogen-bond acceptors (Lipinski definition) is 4. The first kappa shape index (κ1) is 12.8. The van der Waals surface area contributed by atoms with E-state index in [2.05, 4.69) is 25.3 Å². The van der Waals surface area contributed by atoms with Crippen LogP contribution in [0.5, 0.6) is 0 Å². The van der Waals surface area contributed by atoms with Crippen molar-refractivity contribution in [2.24, 2.45) is 0 Å². The lowest BCUT2D eigenvalue weighted by Crippen LogP contribution is -2.27. The molecule has 8 nitrogen and oxygen atoms in total. The zero-order chi connectivity index (χ0) is 13.7. The molecule has 0 saturated carbocycles. The van der Waals surface area contributed by atoms with Gasteiger partial charge in [0, 0.05) is 25.4 Å². The van der Waals surface area contributed by atoms with Crippen LogP contribution in [0.25, 0.3) is 0 Å². The van der Waals surface area contributed by atoms with Gasteiger partial charge in [0.1, 0.15) is 5.82 Å². The molecule has 100 valence electrons.